The lowest BCUT2D eigenvalue weighted by molar-refractivity contribution is -0.119. The molecule has 0 unspecified atom stereocenters. The summed E-state index contributed by atoms with van der Waals surface area (Å²) in [4.78, 5) is 15.0. The van der Waals surface area contributed by atoms with Crippen LogP contribution >= 0.6 is 0 Å². The number of primary amides is 1. The molecule has 7 nitrogen and oxygen atoms in total. The fraction of sp³-hybridized carbons (Fsp3) is 0.333. The molecule has 0 saturated heterocycles. The van der Waals surface area contributed by atoms with Crippen molar-refractivity contribution < 1.29 is 14.3 Å². The van der Waals surface area contributed by atoms with Crippen molar-refractivity contribution >= 4 is 11.9 Å². The number of nitrogens with one attached hydrogen (secondary N) is 2. The zero-order valence-electron chi connectivity index (χ0n) is 16.4. The summed E-state index contributed by atoms with van der Waals surface area (Å²) < 4.78 is 10.6. The Morgan fingerprint density at radius 3 is 2.36 bits per heavy atom. The molecule has 7 heteroatoms. The first-order valence-electron chi connectivity index (χ1n) is 9.19. The molecule has 0 heterocycles. The smallest absolute Gasteiger partial charge is 0.255 e. The van der Waals surface area contributed by atoms with Gasteiger partial charge < -0.3 is 25.8 Å². The van der Waals surface area contributed by atoms with Crippen LogP contribution in [0.2, 0.25) is 0 Å². The number of guanidine groups is 1. The van der Waals surface area contributed by atoms with Gasteiger partial charge in [-0.3, -0.25) is 9.79 Å². The van der Waals surface area contributed by atoms with E-state index in [-0.39, 0.29) is 6.61 Å². The van der Waals surface area contributed by atoms with Gasteiger partial charge in [0.1, 0.15) is 11.5 Å². The summed E-state index contributed by atoms with van der Waals surface area (Å²) in [5.74, 6) is 1.80. The van der Waals surface area contributed by atoms with Gasteiger partial charge in [-0.1, -0.05) is 30.3 Å². The van der Waals surface area contributed by atoms with Gasteiger partial charge in [-0.2, -0.15) is 0 Å². The lowest BCUT2D eigenvalue weighted by Gasteiger charge is -2.13. The number of hydrogen-bond donors (Lipinski definition) is 3. The Hall–Kier alpha value is -3.22. The average molecular weight is 384 g/mol. The van der Waals surface area contributed by atoms with E-state index in [2.05, 4.69) is 21.7 Å². The molecule has 0 aliphatic rings. The number of aliphatic imine (C=N–C) groups is 1. The first kappa shape index (κ1) is 21.1. The minimum atomic E-state index is -0.488. The Labute approximate surface area is 165 Å². The summed E-state index contributed by atoms with van der Waals surface area (Å²) in [6, 6.07) is 15.6. The van der Waals surface area contributed by atoms with Gasteiger partial charge in [-0.15, -0.1) is 0 Å². The van der Waals surface area contributed by atoms with Gasteiger partial charge in [0.05, 0.1) is 7.11 Å². The molecular formula is C21H28N4O3. The molecule has 0 atom stereocenters. The third-order valence-electron chi connectivity index (χ3n) is 4.11. The van der Waals surface area contributed by atoms with E-state index in [1.54, 1.807) is 14.2 Å². The zero-order valence-corrected chi connectivity index (χ0v) is 16.4. The highest BCUT2D eigenvalue weighted by Gasteiger charge is 2.03. The Morgan fingerprint density at radius 2 is 1.71 bits per heavy atom. The number of ether oxygens (including phenoxy) is 2. The van der Waals surface area contributed by atoms with E-state index in [9.17, 15) is 4.79 Å². The van der Waals surface area contributed by atoms with Crippen molar-refractivity contribution in [2.75, 3.05) is 33.9 Å². The summed E-state index contributed by atoms with van der Waals surface area (Å²) in [6.07, 6.45) is 1.68. The second-order valence-electron chi connectivity index (χ2n) is 6.14. The molecule has 0 radical (unpaired) electrons. The van der Waals surface area contributed by atoms with Gasteiger partial charge in [-0.05, 0) is 42.2 Å². The Bertz CT molecular complexity index is 775. The van der Waals surface area contributed by atoms with Crippen molar-refractivity contribution in [1.82, 2.24) is 10.6 Å². The molecule has 28 heavy (non-hydrogen) atoms. The molecule has 0 bridgehead atoms. The van der Waals surface area contributed by atoms with Crippen LogP contribution in [0, 0.1) is 0 Å². The maximum Gasteiger partial charge on any atom is 0.255 e. The number of methoxy groups -OCH3 is 1. The van der Waals surface area contributed by atoms with E-state index in [0.717, 1.165) is 48.8 Å². The number of carbonyl (C=O) groups excluding carboxylic acids is 1. The van der Waals surface area contributed by atoms with E-state index >= 15 is 0 Å². The molecule has 0 aliphatic heterocycles. The number of nitrogens with zero attached hydrogens (tertiary/aromatic N) is 1. The van der Waals surface area contributed by atoms with Crippen molar-refractivity contribution in [3.63, 3.8) is 0 Å². The van der Waals surface area contributed by atoms with Crippen LogP contribution in [0.4, 0.5) is 0 Å². The molecule has 0 aliphatic carbocycles. The van der Waals surface area contributed by atoms with Crippen LogP contribution in [0.15, 0.2) is 53.5 Å². The summed E-state index contributed by atoms with van der Waals surface area (Å²) in [7, 11) is 3.44. The predicted molar refractivity (Wildman–Crippen MR) is 111 cm³/mol. The molecule has 0 saturated carbocycles. The van der Waals surface area contributed by atoms with Crippen LogP contribution in [-0.2, 0) is 17.6 Å². The van der Waals surface area contributed by atoms with Crippen molar-refractivity contribution in [2.45, 2.75) is 12.8 Å². The Kier molecular flexibility index (Phi) is 8.65. The van der Waals surface area contributed by atoms with Crippen LogP contribution in [0.1, 0.15) is 11.1 Å². The molecule has 0 spiro atoms. The van der Waals surface area contributed by atoms with Crippen molar-refractivity contribution in [3.8, 4) is 11.5 Å². The van der Waals surface area contributed by atoms with Crippen LogP contribution in [-0.4, -0.2) is 45.7 Å². The Morgan fingerprint density at radius 1 is 1.04 bits per heavy atom. The van der Waals surface area contributed by atoms with Gasteiger partial charge in [0.2, 0.25) is 0 Å². The van der Waals surface area contributed by atoms with Crippen LogP contribution in [0.25, 0.3) is 0 Å². The number of hydrogen-bond acceptors (Lipinski definition) is 4. The van der Waals surface area contributed by atoms with E-state index in [0.29, 0.717) is 5.75 Å². The molecule has 2 aromatic rings. The predicted octanol–water partition coefficient (Wildman–Crippen LogP) is 1.51. The number of benzene rings is 2. The standard InChI is InChI=1S/C21H28N4O3/c1-23-21(25-14-12-17-5-3-4-6-19(17)27-2)24-13-11-16-7-9-18(10-8-16)28-15-20(22)26/h3-10H,11-15H2,1-2H3,(H2,22,26)(H2,23,24,25). The highest BCUT2D eigenvalue weighted by molar-refractivity contribution is 5.79. The maximum absolute atomic E-state index is 10.7. The van der Waals surface area contributed by atoms with Gasteiger partial charge in [0.15, 0.2) is 12.6 Å². The van der Waals surface area contributed by atoms with E-state index in [1.807, 2.05) is 42.5 Å². The second-order valence-corrected chi connectivity index (χ2v) is 6.14. The molecule has 2 aromatic carbocycles. The lowest BCUT2D eigenvalue weighted by atomic mass is 10.1. The largest absolute Gasteiger partial charge is 0.496 e. The minimum absolute atomic E-state index is 0.113. The first-order chi connectivity index (χ1) is 13.6. The van der Waals surface area contributed by atoms with E-state index < -0.39 is 5.91 Å². The molecular weight excluding hydrogens is 356 g/mol. The monoisotopic (exact) mass is 384 g/mol. The fourth-order valence-electron chi connectivity index (χ4n) is 2.68. The van der Waals surface area contributed by atoms with Gasteiger partial charge in [0.25, 0.3) is 5.91 Å². The third-order valence-corrected chi connectivity index (χ3v) is 4.11. The average Bonchev–Trinajstić information content (AvgIpc) is 2.72. The van der Waals surface area contributed by atoms with Gasteiger partial charge in [0, 0.05) is 20.1 Å². The highest BCUT2D eigenvalue weighted by Crippen LogP contribution is 2.17. The molecule has 1 amide bonds. The summed E-state index contributed by atoms with van der Waals surface area (Å²) in [5, 5.41) is 6.61. The van der Waals surface area contributed by atoms with E-state index in [1.165, 1.54) is 0 Å². The number of amides is 1. The third kappa shape index (κ3) is 7.19. The maximum atomic E-state index is 10.7. The highest BCUT2D eigenvalue weighted by atomic mass is 16.5. The summed E-state index contributed by atoms with van der Waals surface area (Å²) >= 11 is 0. The minimum Gasteiger partial charge on any atom is -0.496 e. The number of nitrogens with two attached hydrogens (primary N) is 1. The van der Waals surface area contributed by atoms with Crippen molar-refractivity contribution in [2.24, 2.45) is 10.7 Å². The number of rotatable bonds is 10. The topological polar surface area (TPSA) is 98.0 Å². The molecule has 2 rings (SSSR count). The Balaban J connectivity index is 1.71. The fourth-order valence-corrected chi connectivity index (χ4v) is 2.68. The quantitative estimate of drug-likeness (QED) is 0.426. The molecule has 0 aromatic heterocycles. The first-order valence-corrected chi connectivity index (χ1v) is 9.19. The second kappa shape index (κ2) is 11.5. The number of para-hydroxylation sites is 1. The van der Waals surface area contributed by atoms with Crippen LogP contribution in [0.5, 0.6) is 11.5 Å². The SMILES string of the molecule is CN=C(NCCc1ccc(OCC(N)=O)cc1)NCCc1ccccc1OC. The summed E-state index contributed by atoms with van der Waals surface area (Å²) in [6.45, 7) is 1.39. The van der Waals surface area contributed by atoms with Crippen LogP contribution < -0.4 is 25.8 Å². The number of carbonyl (C=O) groups is 1. The van der Waals surface area contributed by atoms with E-state index in [4.69, 9.17) is 15.2 Å². The lowest BCUT2D eigenvalue weighted by Crippen LogP contribution is -2.39. The molecule has 0 fully saturated rings. The van der Waals surface area contributed by atoms with Gasteiger partial charge in [-0.25, -0.2) is 0 Å². The van der Waals surface area contributed by atoms with Crippen molar-refractivity contribution in [1.29, 1.82) is 0 Å². The van der Waals surface area contributed by atoms with Crippen molar-refractivity contribution in [3.05, 3.63) is 59.7 Å². The summed E-state index contributed by atoms with van der Waals surface area (Å²) in [5.41, 5.74) is 7.38. The van der Waals surface area contributed by atoms with Gasteiger partial charge >= 0.3 is 0 Å². The molecule has 4 N–H and O–H groups in total. The zero-order chi connectivity index (χ0) is 20.2. The molecule has 150 valence electrons. The van der Waals surface area contributed by atoms with Crippen LogP contribution in [0.3, 0.4) is 0 Å². The normalized spacial score (nSPS) is 11.0.